The van der Waals surface area contributed by atoms with Crippen molar-refractivity contribution in [1.29, 1.82) is 5.41 Å². The van der Waals surface area contributed by atoms with Gasteiger partial charge in [-0.25, -0.2) is 0 Å². The van der Waals surface area contributed by atoms with Crippen molar-refractivity contribution in [2.45, 2.75) is 19.6 Å². The van der Waals surface area contributed by atoms with Gasteiger partial charge in [-0.05, 0) is 12.5 Å². The minimum absolute atomic E-state index is 0.0810. The van der Waals surface area contributed by atoms with Crippen LogP contribution in [0.2, 0.25) is 0 Å². The maximum Gasteiger partial charge on any atom is 0.484 e. The minimum atomic E-state index is -4.36. The highest BCUT2D eigenvalue weighted by Gasteiger charge is 2.34. The maximum absolute atomic E-state index is 12.0. The summed E-state index contributed by atoms with van der Waals surface area (Å²) in [5.74, 6) is 0. The Labute approximate surface area is 69.2 Å². The van der Waals surface area contributed by atoms with Crippen molar-refractivity contribution in [3.63, 3.8) is 0 Å². The molecule has 0 aromatic rings. The zero-order chi connectivity index (χ0) is 9.78. The summed E-state index contributed by atoms with van der Waals surface area (Å²) >= 11 is 0. The number of allylic oxidation sites excluding steroid dienone is 2. The second-order valence-corrected chi connectivity index (χ2v) is 2.21. The normalized spacial score (nSPS) is 12.9. The fourth-order valence-electron chi connectivity index (χ4n) is 0.726. The van der Waals surface area contributed by atoms with Crippen LogP contribution < -0.4 is 0 Å². The molecule has 0 radical (unpaired) electrons. The highest BCUT2D eigenvalue weighted by molar-refractivity contribution is 5.68. The van der Waals surface area contributed by atoms with Gasteiger partial charge < -0.3 is 5.41 Å². The van der Waals surface area contributed by atoms with Crippen molar-refractivity contribution < 1.29 is 13.2 Å². The smallest absolute Gasteiger partial charge is 0.309 e. The number of alkyl halides is 3. The topological polar surface area (TPSA) is 27.1 Å². The summed E-state index contributed by atoms with van der Waals surface area (Å²) in [4.78, 5) is 0.206. The highest BCUT2D eigenvalue weighted by Crippen LogP contribution is 2.24. The Balaban J connectivity index is 4.53. The van der Waals surface area contributed by atoms with E-state index >= 15 is 0 Å². The van der Waals surface area contributed by atoms with Gasteiger partial charge >= 0.3 is 6.30 Å². The summed E-state index contributed by atoms with van der Waals surface area (Å²) in [5.41, 5.74) is 0.0810. The van der Waals surface area contributed by atoms with Crippen LogP contribution in [0.4, 0.5) is 13.2 Å². The number of rotatable bonds is 3. The standard InChI is InChI=1S/C7H11F3N2/c1-3-6(4-5-11)12(2)7(8,9)10/h4-5,11H,3H2,1-2H3/b6-4-,11-5?. The van der Waals surface area contributed by atoms with Crippen molar-refractivity contribution in [2.24, 2.45) is 0 Å². The molecule has 12 heavy (non-hydrogen) atoms. The van der Waals surface area contributed by atoms with Crippen LogP contribution in [0.1, 0.15) is 13.3 Å². The van der Waals surface area contributed by atoms with Gasteiger partial charge in [0.15, 0.2) is 0 Å². The third-order valence-electron chi connectivity index (χ3n) is 1.45. The molecule has 0 aliphatic heterocycles. The van der Waals surface area contributed by atoms with Crippen molar-refractivity contribution in [2.75, 3.05) is 7.05 Å². The summed E-state index contributed by atoms with van der Waals surface area (Å²) in [7, 11) is 0.943. The maximum atomic E-state index is 12.0. The molecule has 0 heterocycles. The van der Waals surface area contributed by atoms with Crippen LogP contribution in [-0.2, 0) is 0 Å². The third-order valence-corrected chi connectivity index (χ3v) is 1.45. The number of nitrogens with one attached hydrogen (secondary N) is 1. The summed E-state index contributed by atoms with van der Waals surface area (Å²) in [6, 6.07) is 0. The second kappa shape index (κ2) is 4.13. The van der Waals surface area contributed by atoms with E-state index in [9.17, 15) is 13.2 Å². The molecule has 0 rings (SSSR count). The Kier molecular flexibility index (Phi) is 3.79. The van der Waals surface area contributed by atoms with E-state index in [2.05, 4.69) is 0 Å². The Bertz CT molecular complexity index is 184. The largest absolute Gasteiger partial charge is 0.484 e. The van der Waals surface area contributed by atoms with Gasteiger partial charge in [-0.15, -0.1) is 0 Å². The number of hydrogen-bond acceptors (Lipinski definition) is 2. The van der Waals surface area contributed by atoms with E-state index in [1.165, 1.54) is 0 Å². The first-order valence-electron chi connectivity index (χ1n) is 3.43. The average molecular weight is 180 g/mol. The quantitative estimate of drug-likeness (QED) is 0.524. The van der Waals surface area contributed by atoms with Gasteiger partial charge in [-0.1, -0.05) is 6.92 Å². The Morgan fingerprint density at radius 2 is 2.00 bits per heavy atom. The summed E-state index contributed by atoms with van der Waals surface area (Å²) in [6.07, 6.45) is -2.12. The van der Waals surface area contributed by atoms with Gasteiger partial charge in [0, 0.05) is 19.0 Å². The van der Waals surface area contributed by atoms with Crippen molar-refractivity contribution in [3.8, 4) is 0 Å². The van der Waals surface area contributed by atoms with E-state index in [0.717, 1.165) is 19.3 Å². The Morgan fingerprint density at radius 3 is 2.25 bits per heavy atom. The van der Waals surface area contributed by atoms with Crippen LogP contribution in [0.5, 0.6) is 0 Å². The lowest BCUT2D eigenvalue weighted by molar-refractivity contribution is -0.224. The monoisotopic (exact) mass is 180 g/mol. The van der Waals surface area contributed by atoms with Crippen molar-refractivity contribution in [1.82, 2.24) is 4.90 Å². The second-order valence-electron chi connectivity index (χ2n) is 2.21. The molecule has 0 aromatic carbocycles. The highest BCUT2D eigenvalue weighted by atomic mass is 19.4. The van der Waals surface area contributed by atoms with E-state index in [0.29, 0.717) is 0 Å². The molecule has 0 spiro atoms. The van der Waals surface area contributed by atoms with Crippen LogP contribution in [-0.4, -0.2) is 24.5 Å². The first-order chi connectivity index (χ1) is 5.43. The molecule has 2 nitrogen and oxygen atoms in total. The molecule has 0 aliphatic rings. The molecule has 0 bridgehead atoms. The lowest BCUT2D eigenvalue weighted by Gasteiger charge is -2.23. The summed E-state index contributed by atoms with van der Waals surface area (Å²) in [5, 5.41) is 6.64. The van der Waals surface area contributed by atoms with Crippen LogP contribution in [0.3, 0.4) is 0 Å². The number of halogens is 3. The van der Waals surface area contributed by atoms with Crippen LogP contribution >= 0.6 is 0 Å². The number of nitrogens with zero attached hydrogens (tertiary/aromatic N) is 1. The molecule has 5 heteroatoms. The van der Waals surface area contributed by atoms with E-state index in [-0.39, 0.29) is 17.0 Å². The van der Waals surface area contributed by atoms with Gasteiger partial charge in [-0.2, -0.15) is 13.2 Å². The molecule has 0 atom stereocenters. The van der Waals surface area contributed by atoms with Crippen molar-refractivity contribution >= 4 is 6.21 Å². The van der Waals surface area contributed by atoms with E-state index in [4.69, 9.17) is 5.41 Å². The van der Waals surface area contributed by atoms with Gasteiger partial charge in [0.05, 0.1) is 0 Å². The third kappa shape index (κ3) is 2.94. The fraction of sp³-hybridized carbons (Fsp3) is 0.571. The summed E-state index contributed by atoms with van der Waals surface area (Å²) < 4.78 is 36.1. The van der Waals surface area contributed by atoms with Crippen LogP contribution in [0.25, 0.3) is 0 Å². The molecule has 0 amide bonds. The molecule has 0 saturated carbocycles. The van der Waals surface area contributed by atoms with E-state index in [1.807, 2.05) is 0 Å². The summed E-state index contributed by atoms with van der Waals surface area (Å²) in [6.45, 7) is 1.61. The predicted molar refractivity (Wildman–Crippen MR) is 41.0 cm³/mol. The zero-order valence-electron chi connectivity index (χ0n) is 6.94. The van der Waals surface area contributed by atoms with Gasteiger partial charge in [0.1, 0.15) is 0 Å². The predicted octanol–water partition coefficient (Wildman–Crippen LogP) is 2.38. The van der Waals surface area contributed by atoms with Crippen LogP contribution in [0, 0.1) is 5.41 Å². The average Bonchev–Trinajstić information content (AvgIpc) is 1.97. The Hall–Kier alpha value is -1.00. The first-order valence-corrected chi connectivity index (χ1v) is 3.43. The van der Waals surface area contributed by atoms with Gasteiger partial charge in [0.25, 0.3) is 0 Å². The molecular formula is C7H11F3N2. The Morgan fingerprint density at radius 1 is 1.50 bits per heavy atom. The fourth-order valence-corrected chi connectivity index (χ4v) is 0.726. The number of hydrogen-bond donors (Lipinski definition) is 1. The first kappa shape index (κ1) is 11.0. The molecular weight excluding hydrogens is 169 g/mol. The van der Waals surface area contributed by atoms with Gasteiger partial charge in [-0.3, -0.25) is 4.90 Å². The lowest BCUT2D eigenvalue weighted by Crippen LogP contribution is -2.33. The molecule has 0 fully saturated rings. The zero-order valence-corrected chi connectivity index (χ0v) is 6.94. The molecule has 0 saturated heterocycles. The molecule has 0 unspecified atom stereocenters. The van der Waals surface area contributed by atoms with Crippen molar-refractivity contribution in [3.05, 3.63) is 11.8 Å². The molecule has 70 valence electrons. The molecule has 0 aliphatic carbocycles. The molecule has 0 aromatic heterocycles. The van der Waals surface area contributed by atoms with Gasteiger partial charge in [0.2, 0.25) is 0 Å². The van der Waals surface area contributed by atoms with E-state index < -0.39 is 6.30 Å². The van der Waals surface area contributed by atoms with Crippen LogP contribution in [0.15, 0.2) is 11.8 Å². The SMILES string of the molecule is CC/C(=C/C=N)N(C)C(F)(F)F. The minimum Gasteiger partial charge on any atom is -0.309 e. The molecule has 1 N–H and O–H groups in total. The van der Waals surface area contributed by atoms with E-state index in [1.54, 1.807) is 6.92 Å². The lowest BCUT2D eigenvalue weighted by atomic mass is 10.3.